The average Bonchev–Trinajstić information content (AvgIpc) is 3.03. The van der Waals surface area contributed by atoms with Crippen LogP contribution in [-0.2, 0) is 6.54 Å². The summed E-state index contributed by atoms with van der Waals surface area (Å²) in [5, 5.41) is 1.24. The van der Waals surface area contributed by atoms with Gasteiger partial charge in [0.15, 0.2) is 0 Å². The topological polar surface area (TPSA) is 16.1 Å². The molecule has 1 fully saturated rings. The number of hydrogen-bond donors (Lipinski definition) is 0. The number of hydrogen-bond acceptors (Lipinski definition) is 2. The lowest BCUT2D eigenvalue weighted by Crippen LogP contribution is -2.22. The molecule has 2 nitrogen and oxygen atoms in total. The largest absolute Gasteiger partial charge is 0.292 e. The lowest BCUT2D eigenvalue weighted by molar-refractivity contribution is 0.248. The molecule has 2 heteroatoms. The van der Waals surface area contributed by atoms with Crippen molar-refractivity contribution in [2.24, 2.45) is 0 Å². The summed E-state index contributed by atoms with van der Waals surface area (Å²) >= 11 is 0. The summed E-state index contributed by atoms with van der Waals surface area (Å²) in [4.78, 5) is 7.03. The predicted molar refractivity (Wildman–Crippen MR) is 90.6 cm³/mol. The monoisotopic (exact) mass is 288 g/mol. The zero-order valence-electron chi connectivity index (χ0n) is 12.7. The predicted octanol–water partition coefficient (Wildman–Crippen LogP) is 4.57. The Bertz CT molecular complexity index is 767. The Hall–Kier alpha value is -2.19. The first-order valence-electron chi connectivity index (χ1n) is 8.03. The van der Waals surface area contributed by atoms with Crippen LogP contribution in [0.4, 0.5) is 0 Å². The van der Waals surface area contributed by atoms with Gasteiger partial charge in [0.1, 0.15) is 0 Å². The minimum Gasteiger partial charge on any atom is -0.292 e. The summed E-state index contributed by atoms with van der Waals surface area (Å²) < 4.78 is 0. The second-order valence-electron chi connectivity index (χ2n) is 6.07. The van der Waals surface area contributed by atoms with Crippen LogP contribution in [0.2, 0.25) is 0 Å². The van der Waals surface area contributed by atoms with E-state index < -0.39 is 0 Å². The van der Waals surface area contributed by atoms with Gasteiger partial charge in [-0.15, -0.1) is 0 Å². The highest BCUT2D eigenvalue weighted by Gasteiger charge is 2.25. The molecule has 22 heavy (non-hydrogen) atoms. The van der Waals surface area contributed by atoms with Crippen molar-refractivity contribution >= 4 is 10.9 Å². The smallest absolute Gasteiger partial charge is 0.0702 e. The number of aromatic nitrogens is 1. The Labute approximate surface area is 131 Å². The minimum absolute atomic E-state index is 0.532. The van der Waals surface area contributed by atoms with Crippen LogP contribution in [0.15, 0.2) is 66.9 Å². The minimum atomic E-state index is 0.532. The molecule has 1 aliphatic rings. The second-order valence-corrected chi connectivity index (χ2v) is 6.07. The molecule has 0 aliphatic carbocycles. The number of pyridine rings is 1. The van der Waals surface area contributed by atoms with Gasteiger partial charge >= 0.3 is 0 Å². The van der Waals surface area contributed by atoms with Gasteiger partial charge in [-0.25, -0.2) is 0 Å². The Balaban J connectivity index is 1.61. The van der Waals surface area contributed by atoms with Gasteiger partial charge in [0.2, 0.25) is 0 Å². The molecular formula is C20H20N2. The van der Waals surface area contributed by atoms with Crippen molar-refractivity contribution in [3.8, 4) is 0 Å². The van der Waals surface area contributed by atoms with Gasteiger partial charge in [0, 0.05) is 24.2 Å². The molecule has 1 unspecified atom stereocenters. The van der Waals surface area contributed by atoms with Crippen molar-refractivity contribution in [1.29, 1.82) is 0 Å². The lowest BCUT2D eigenvalue weighted by atomic mass is 10.0. The molecule has 0 spiro atoms. The number of rotatable bonds is 3. The van der Waals surface area contributed by atoms with Gasteiger partial charge < -0.3 is 0 Å². The van der Waals surface area contributed by atoms with E-state index in [4.69, 9.17) is 0 Å². The standard InChI is InChI=1S/C20H20N2/c1-2-6-16(7-3-1)15-22-13-5-9-20(22)18-10-11-19-17(14-18)8-4-12-21-19/h1-4,6-8,10-12,14,20H,5,9,13,15H2. The molecule has 110 valence electrons. The highest BCUT2D eigenvalue weighted by Crippen LogP contribution is 2.34. The van der Waals surface area contributed by atoms with Crippen LogP contribution in [0.5, 0.6) is 0 Å². The Morgan fingerprint density at radius 2 is 1.91 bits per heavy atom. The third-order valence-electron chi connectivity index (χ3n) is 4.60. The fraction of sp³-hybridized carbons (Fsp3) is 0.250. The molecule has 0 bridgehead atoms. The normalized spacial score (nSPS) is 18.8. The molecule has 2 heterocycles. The molecule has 1 aromatic heterocycles. The fourth-order valence-corrected chi connectivity index (χ4v) is 3.51. The highest BCUT2D eigenvalue weighted by atomic mass is 15.2. The third kappa shape index (κ3) is 2.62. The van der Waals surface area contributed by atoms with Crippen LogP contribution in [0.3, 0.4) is 0 Å². The number of benzene rings is 2. The van der Waals surface area contributed by atoms with Crippen molar-refractivity contribution in [2.75, 3.05) is 6.54 Å². The number of likely N-dealkylation sites (tertiary alicyclic amines) is 1. The summed E-state index contributed by atoms with van der Waals surface area (Å²) in [7, 11) is 0. The first-order valence-corrected chi connectivity index (χ1v) is 8.03. The Kier molecular flexibility index (Phi) is 3.61. The van der Waals surface area contributed by atoms with E-state index in [0.29, 0.717) is 6.04 Å². The van der Waals surface area contributed by atoms with Gasteiger partial charge in [0.05, 0.1) is 5.52 Å². The average molecular weight is 288 g/mol. The molecular weight excluding hydrogens is 268 g/mol. The van der Waals surface area contributed by atoms with Gasteiger partial charge in [-0.1, -0.05) is 42.5 Å². The van der Waals surface area contributed by atoms with Crippen LogP contribution in [-0.4, -0.2) is 16.4 Å². The third-order valence-corrected chi connectivity index (χ3v) is 4.60. The molecule has 3 aromatic rings. The van der Waals surface area contributed by atoms with E-state index in [-0.39, 0.29) is 0 Å². The summed E-state index contributed by atoms with van der Waals surface area (Å²) in [5.74, 6) is 0. The Morgan fingerprint density at radius 3 is 2.82 bits per heavy atom. The van der Waals surface area contributed by atoms with E-state index in [1.807, 2.05) is 12.3 Å². The van der Waals surface area contributed by atoms with Crippen molar-refractivity contribution in [3.05, 3.63) is 78.0 Å². The Morgan fingerprint density at radius 1 is 1.00 bits per heavy atom. The maximum absolute atomic E-state index is 4.42. The molecule has 4 rings (SSSR count). The fourth-order valence-electron chi connectivity index (χ4n) is 3.51. The van der Waals surface area contributed by atoms with Crippen molar-refractivity contribution in [3.63, 3.8) is 0 Å². The quantitative estimate of drug-likeness (QED) is 0.701. The van der Waals surface area contributed by atoms with Crippen LogP contribution >= 0.6 is 0 Å². The summed E-state index contributed by atoms with van der Waals surface area (Å²) in [6.07, 6.45) is 4.39. The molecule has 0 radical (unpaired) electrons. The number of fused-ring (bicyclic) bond motifs is 1. The van der Waals surface area contributed by atoms with Gasteiger partial charge in [-0.2, -0.15) is 0 Å². The van der Waals surface area contributed by atoms with Crippen LogP contribution in [0.1, 0.15) is 30.0 Å². The maximum Gasteiger partial charge on any atom is 0.0702 e. The zero-order chi connectivity index (χ0) is 14.8. The van der Waals surface area contributed by atoms with E-state index in [9.17, 15) is 0 Å². The van der Waals surface area contributed by atoms with E-state index in [2.05, 4.69) is 64.5 Å². The molecule has 1 atom stereocenters. The highest BCUT2D eigenvalue weighted by molar-refractivity contribution is 5.79. The first kappa shape index (κ1) is 13.5. The van der Waals surface area contributed by atoms with Gasteiger partial charge in [-0.3, -0.25) is 9.88 Å². The summed E-state index contributed by atoms with van der Waals surface area (Å²) in [6.45, 7) is 2.22. The lowest BCUT2D eigenvalue weighted by Gasteiger charge is -2.25. The SMILES string of the molecule is c1ccc(CN2CCCC2c2ccc3ncccc3c2)cc1. The van der Waals surface area contributed by atoms with E-state index >= 15 is 0 Å². The summed E-state index contributed by atoms with van der Waals surface area (Å²) in [6, 6.07) is 22.2. The van der Waals surface area contributed by atoms with E-state index in [1.54, 1.807) is 0 Å². The molecule has 0 saturated carbocycles. The van der Waals surface area contributed by atoms with Crippen LogP contribution in [0, 0.1) is 0 Å². The molecule has 1 aliphatic heterocycles. The number of nitrogens with zero attached hydrogens (tertiary/aromatic N) is 2. The van der Waals surface area contributed by atoms with Crippen molar-refractivity contribution in [2.45, 2.75) is 25.4 Å². The van der Waals surface area contributed by atoms with Gasteiger partial charge in [-0.05, 0) is 48.7 Å². The van der Waals surface area contributed by atoms with Crippen LogP contribution in [0.25, 0.3) is 10.9 Å². The molecule has 0 amide bonds. The van der Waals surface area contributed by atoms with E-state index in [0.717, 1.165) is 12.1 Å². The molecule has 1 saturated heterocycles. The van der Waals surface area contributed by atoms with Crippen molar-refractivity contribution in [1.82, 2.24) is 9.88 Å². The van der Waals surface area contributed by atoms with E-state index in [1.165, 1.54) is 35.9 Å². The molecule has 0 N–H and O–H groups in total. The van der Waals surface area contributed by atoms with Crippen molar-refractivity contribution < 1.29 is 0 Å². The van der Waals surface area contributed by atoms with Gasteiger partial charge in [0.25, 0.3) is 0 Å². The zero-order valence-corrected chi connectivity index (χ0v) is 12.7. The second kappa shape index (κ2) is 5.90. The molecule has 2 aromatic carbocycles. The van der Waals surface area contributed by atoms with Crippen LogP contribution < -0.4 is 0 Å². The first-order chi connectivity index (χ1) is 10.9. The summed E-state index contributed by atoms with van der Waals surface area (Å²) in [5.41, 5.74) is 3.91. The maximum atomic E-state index is 4.42.